The number of nitrogens with one attached hydrogen (secondary N) is 1. The first kappa shape index (κ1) is 12.2. The van der Waals surface area contributed by atoms with Crippen LogP contribution in [0, 0.1) is 0 Å². The maximum absolute atomic E-state index is 6.01. The fourth-order valence-corrected chi connectivity index (χ4v) is 3.53. The molecule has 1 atom stereocenters. The first-order valence-corrected chi connectivity index (χ1v) is 7.09. The highest BCUT2D eigenvalue weighted by atomic mass is 35.5. The van der Waals surface area contributed by atoms with Crippen LogP contribution in [0.2, 0.25) is 4.34 Å². The normalized spacial score (nSPS) is 15.7. The molecular weight excluding hydrogens is 266 g/mol. The van der Waals surface area contributed by atoms with Crippen molar-refractivity contribution in [2.75, 3.05) is 7.05 Å². The van der Waals surface area contributed by atoms with E-state index in [0.717, 1.165) is 17.6 Å². The average molecular weight is 280 g/mol. The van der Waals surface area contributed by atoms with Gasteiger partial charge in [-0.3, -0.25) is 0 Å². The van der Waals surface area contributed by atoms with E-state index in [1.165, 1.54) is 21.6 Å². The molecule has 0 saturated heterocycles. The van der Waals surface area contributed by atoms with Crippen molar-refractivity contribution < 1.29 is 4.74 Å². The van der Waals surface area contributed by atoms with E-state index in [1.807, 2.05) is 13.1 Å². The number of halogens is 1. The van der Waals surface area contributed by atoms with Gasteiger partial charge in [-0.2, -0.15) is 0 Å². The molecule has 0 spiro atoms. The van der Waals surface area contributed by atoms with E-state index in [9.17, 15) is 0 Å². The van der Waals surface area contributed by atoms with Crippen LogP contribution in [0.15, 0.2) is 30.3 Å². The molecule has 0 saturated carbocycles. The van der Waals surface area contributed by atoms with Gasteiger partial charge in [0.15, 0.2) is 0 Å². The minimum atomic E-state index is 0.202. The lowest BCUT2D eigenvalue weighted by Crippen LogP contribution is -2.16. The van der Waals surface area contributed by atoms with Gasteiger partial charge in [0.05, 0.1) is 23.6 Å². The van der Waals surface area contributed by atoms with Crippen LogP contribution in [0.1, 0.15) is 27.6 Å². The van der Waals surface area contributed by atoms with Crippen molar-refractivity contribution in [1.82, 2.24) is 5.32 Å². The van der Waals surface area contributed by atoms with E-state index in [4.69, 9.17) is 16.3 Å². The average Bonchev–Trinajstić information content (AvgIpc) is 2.99. The van der Waals surface area contributed by atoms with Crippen molar-refractivity contribution in [3.05, 3.63) is 56.2 Å². The van der Waals surface area contributed by atoms with Gasteiger partial charge in [0.25, 0.3) is 0 Å². The number of hydrogen-bond donors (Lipinski definition) is 1. The number of ether oxygens (including phenoxy) is 1. The minimum absolute atomic E-state index is 0.202. The summed E-state index contributed by atoms with van der Waals surface area (Å²) in [7, 11) is 1.97. The molecule has 1 N–H and O–H groups in total. The summed E-state index contributed by atoms with van der Waals surface area (Å²) in [5.41, 5.74) is 3.87. The molecule has 0 fully saturated rings. The van der Waals surface area contributed by atoms with Gasteiger partial charge in [0.1, 0.15) is 0 Å². The number of rotatable bonds is 3. The maximum atomic E-state index is 6.01. The van der Waals surface area contributed by atoms with Crippen molar-refractivity contribution in [2.24, 2.45) is 0 Å². The summed E-state index contributed by atoms with van der Waals surface area (Å²) in [6, 6.07) is 10.8. The SMILES string of the molecule is CNC(c1ccc2c(c1)COC2)c1ccc(Cl)s1. The first-order valence-electron chi connectivity index (χ1n) is 5.90. The minimum Gasteiger partial charge on any atom is -0.372 e. The van der Waals surface area contributed by atoms with Gasteiger partial charge in [-0.1, -0.05) is 29.8 Å². The number of thiophene rings is 1. The molecule has 0 bridgehead atoms. The molecular formula is C14H14ClNOS. The molecule has 0 amide bonds. The van der Waals surface area contributed by atoms with E-state index in [0.29, 0.717) is 0 Å². The Balaban J connectivity index is 1.96. The molecule has 2 aromatic rings. The highest BCUT2D eigenvalue weighted by molar-refractivity contribution is 7.16. The predicted octanol–water partition coefficient (Wildman–Crippen LogP) is 3.74. The monoisotopic (exact) mass is 279 g/mol. The van der Waals surface area contributed by atoms with Crippen molar-refractivity contribution in [2.45, 2.75) is 19.3 Å². The molecule has 1 unspecified atom stereocenters. The number of hydrogen-bond acceptors (Lipinski definition) is 3. The lowest BCUT2D eigenvalue weighted by molar-refractivity contribution is 0.134. The van der Waals surface area contributed by atoms with E-state index >= 15 is 0 Å². The summed E-state index contributed by atoms with van der Waals surface area (Å²) < 4.78 is 6.28. The molecule has 1 aliphatic heterocycles. The largest absolute Gasteiger partial charge is 0.372 e. The zero-order chi connectivity index (χ0) is 12.5. The van der Waals surface area contributed by atoms with Crippen molar-refractivity contribution in [3.8, 4) is 0 Å². The zero-order valence-electron chi connectivity index (χ0n) is 10.1. The molecule has 94 valence electrons. The molecule has 18 heavy (non-hydrogen) atoms. The maximum Gasteiger partial charge on any atom is 0.0931 e. The lowest BCUT2D eigenvalue weighted by Gasteiger charge is -2.16. The summed E-state index contributed by atoms with van der Waals surface area (Å²) >= 11 is 7.63. The van der Waals surface area contributed by atoms with Gasteiger partial charge in [0, 0.05) is 4.88 Å². The fraction of sp³-hybridized carbons (Fsp3) is 0.286. The molecule has 1 aliphatic rings. The molecule has 3 rings (SSSR count). The van der Waals surface area contributed by atoms with Gasteiger partial charge >= 0.3 is 0 Å². The second-order valence-corrected chi connectivity index (χ2v) is 6.13. The second kappa shape index (κ2) is 5.02. The highest BCUT2D eigenvalue weighted by Gasteiger charge is 2.17. The fourth-order valence-electron chi connectivity index (χ4n) is 2.33. The Morgan fingerprint density at radius 2 is 2.06 bits per heavy atom. The smallest absolute Gasteiger partial charge is 0.0931 e. The Morgan fingerprint density at radius 1 is 1.22 bits per heavy atom. The van der Waals surface area contributed by atoms with Gasteiger partial charge in [-0.05, 0) is 35.9 Å². The van der Waals surface area contributed by atoms with Crippen LogP contribution in [-0.2, 0) is 18.0 Å². The van der Waals surface area contributed by atoms with E-state index in [-0.39, 0.29) is 6.04 Å². The van der Waals surface area contributed by atoms with Crippen LogP contribution in [-0.4, -0.2) is 7.05 Å². The van der Waals surface area contributed by atoms with E-state index in [1.54, 1.807) is 11.3 Å². The third-order valence-electron chi connectivity index (χ3n) is 3.25. The topological polar surface area (TPSA) is 21.3 Å². The summed E-state index contributed by atoms with van der Waals surface area (Å²) in [6.45, 7) is 1.47. The molecule has 1 aromatic carbocycles. The van der Waals surface area contributed by atoms with Crippen LogP contribution >= 0.6 is 22.9 Å². The van der Waals surface area contributed by atoms with Gasteiger partial charge in [-0.15, -0.1) is 11.3 Å². The van der Waals surface area contributed by atoms with Crippen LogP contribution in [0.3, 0.4) is 0 Å². The van der Waals surface area contributed by atoms with Crippen LogP contribution in [0.5, 0.6) is 0 Å². The van der Waals surface area contributed by atoms with Crippen LogP contribution in [0.4, 0.5) is 0 Å². The molecule has 0 radical (unpaired) electrons. The van der Waals surface area contributed by atoms with Crippen molar-refractivity contribution >= 4 is 22.9 Å². The summed E-state index contributed by atoms with van der Waals surface area (Å²) in [5, 5.41) is 3.35. The molecule has 4 heteroatoms. The lowest BCUT2D eigenvalue weighted by atomic mass is 10.0. The van der Waals surface area contributed by atoms with Gasteiger partial charge in [-0.25, -0.2) is 0 Å². The van der Waals surface area contributed by atoms with Gasteiger partial charge in [0.2, 0.25) is 0 Å². The van der Waals surface area contributed by atoms with E-state index < -0.39 is 0 Å². The van der Waals surface area contributed by atoms with E-state index in [2.05, 4.69) is 29.6 Å². The standard InChI is InChI=1S/C14H14ClNOS/c1-16-14(12-4-5-13(15)18-12)9-2-3-10-7-17-8-11(10)6-9/h2-6,14,16H,7-8H2,1H3. The summed E-state index contributed by atoms with van der Waals surface area (Å²) in [6.07, 6.45) is 0. The summed E-state index contributed by atoms with van der Waals surface area (Å²) in [5.74, 6) is 0. The van der Waals surface area contributed by atoms with Gasteiger partial charge < -0.3 is 10.1 Å². The zero-order valence-corrected chi connectivity index (χ0v) is 11.6. The van der Waals surface area contributed by atoms with Crippen molar-refractivity contribution in [1.29, 1.82) is 0 Å². The Bertz CT molecular complexity index is 567. The van der Waals surface area contributed by atoms with Crippen molar-refractivity contribution in [3.63, 3.8) is 0 Å². The molecule has 0 aliphatic carbocycles. The Hall–Kier alpha value is -0.870. The number of fused-ring (bicyclic) bond motifs is 1. The quantitative estimate of drug-likeness (QED) is 0.924. The van der Waals surface area contributed by atoms with Crippen LogP contribution < -0.4 is 5.32 Å². The summed E-state index contributed by atoms with van der Waals surface area (Å²) in [4.78, 5) is 1.24. The highest BCUT2D eigenvalue weighted by Crippen LogP contribution is 2.32. The second-order valence-electron chi connectivity index (χ2n) is 4.38. The molecule has 1 aromatic heterocycles. The Morgan fingerprint density at radius 3 is 2.78 bits per heavy atom. The third kappa shape index (κ3) is 2.19. The molecule has 2 heterocycles. The Labute approximate surface area is 116 Å². The predicted molar refractivity (Wildman–Crippen MR) is 75.2 cm³/mol. The van der Waals surface area contributed by atoms with Crippen LogP contribution in [0.25, 0.3) is 0 Å². The molecule has 2 nitrogen and oxygen atoms in total. The first-order chi connectivity index (χ1) is 8.78. The third-order valence-corrected chi connectivity index (χ3v) is 4.54. The number of benzene rings is 1. The Kier molecular flexibility index (Phi) is 3.39.